The van der Waals surface area contributed by atoms with E-state index in [0.29, 0.717) is 42.5 Å². The molecule has 0 N–H and O–H groups in total. The van der Waals surface area contributed by atoms with E-state index >= 15 is 0 Å². The predicted octanol–water partition coefficient (Wildman–Crippen LogP) is 4.92. The maximum atomic E-state index is 11.4. The van der Waals surface area contributed by atoms with Gasteiger partial charge < -0.3 is 4.74 Å². The van der Waals surface area contributed by atoms with E-state index in [2.05, 4.69) is 12.1 Å². The van der Waals surface area contributed by atoms with Crippen LogP contribution in [-0.4, -0.2) is 29.2 Å². The van der Waals surface area contributed by atoms with E-state index in [-0.39, 0.29) is 12.5 Å². The molecule has 32 heavy (non-hydrogen) atoms. The van der Waals surface area contributed by atoms with Crippen LogP contribution in [0.4, 0.5) is 0 Å². The summed E-state index contributed by atoms with van der Waals surface area (Å²) in [4.78, 5) is 39.3. The molecule has 0 saturated heterocycles. The number of rotatable bonds is 10. The monoisotopic (exact) mass is 454 g/mol. The van der Waals surface area contributed by atoms with E-state index < -0.39 is 6.10 Å². The van der Waals surface area contributed by atoms with Crippen molar-refractivity contribution in [2.24, 2.45) is 5.92 Å². The van der Waals surface area contributed by atoms with Gasteiger partial charge in [-0.2, -0.15) is 0 Å². The second-order valence-corrected chi connectivity index (χ2v) is 9.23. The molecule has 0 spiro atoms. The van der Waals surface area contributed by atoms with Crippen molar-refractivity contribution in [1.82, 2.24) is 9.88 Å². The molecule has 4 rings (SSSR count). The minimum atomic E-state index is -0.433. The Labute approximate surface area is 192 Å². The molecule has 2 amide bonds. The zero-order valence-corrected chi connectivity index (χ0v) is 18.6. The van der Waals surface area contributed by atoms with E-state index in [0.717, 1.165) is 54.0 Å². The number of hydrogen-bond acceptors (Lipinski definition) is 5. The predicted molar refractivity (Wildman–Crippen MR) is 120 cm³/mol. The van der Waals surface area contributed by atoms with Crippen molar-refractivity contribution in [1.29, 1.82) is 0 Å². The van der Waals surface area contributed by atoms with Gasteiger partial charge in [0.2, 0.25) is 12.8 Å². The maximum absolute atomic E-state index is 11.4. The summed E-state index contributed by atoms with van der Waals surface area (Å²) >= 11 is 6.02. The molecule has 6 nitrogen and oxygen atoms in total. The van der Waals surface area contributed by atoms with Crippen LogP contribution >= 0.6 is 11.6 Å². The third-order valence-electron chi connectivity index (χ3n) is 6.62. The van der Waals surface area contributed by atoms with Gasteiger partial charge in [0.15, 0.2) is 0 Å². The number of imide groups is 1. The summed E-state index contributed by atoms with van der Waals surface area (Å²) in [6.45, 7) is 0.613. The van der Waals surface area contributed by atoms with Crippen molar-refractivity contribution in [3.05, 3.63) is 63.9 Å². The third-order valence-corrected chi connectivity index (χ3v) is 6.87. The average molecular weight is 455 g/mol. The van der Waals surface area contributed by atoms with Gasteiger partial charge in [-0.1, -0.05) is 23.7 Å². The van der Waals surface area contributed by atoms with Crippen molar-refractivity contribution in [2.75, 3.05) is 0 Å². The molecule has 2 fully saturated rings. The zero-order valence-electron chi connectivity index (χ0n) is 17.9. The Balaban J connectivity index is 1.53. The minimum absolute atomic E-state index is 0.109. The molecule has 1 heterocycles. The first-order valence-corrected chi connectivity index (χ1v) is 11.5. The summed E-state index contributed by atoms with van der Waals surface area (Å²) in [7, 11) is 0. The Hall–Kier alpha value is -2.73. The number of carbonyl (C=O) groups excluding carboxylic acids is 3. The van der Waals surface area contributed by atoms with Crippen LogP contribution in [0.25, 0.3) is 0 Å². The van der Waals surface area contributed by atoms with Crippen LogP contribution in [0.3, 0.4) is 0 Å². The minimum Gasteiger partial charge on any atom is -0.458 e. The van der Waals surface area contributed by atoms with E-state index in [1.54, 1.807) is 0 Å². The zero-order chi connectivity index (χ0) is 22.5. The number of hydrogen-bond donors (Lipinski definition) is 0. The molecule has 1 unspecified atom stereocenters. The molecular weight excluding hydrogens is 428 g/mol. The number of nitrogens with zero attached hydrogens (tertiary/aromatic N) is 2. The summed E-state index contributed by atoms with van der Waals surface area (Å²) < 4.78 is 5.58. The number of ether oxygens (including phenoxy) is 1. The van der Waals surface area contributed by atoms with Crippen LogP contribution in [0.15, 0.2) is 36.4 Å². The van der Waals surface area contributed by atoms with Crippen molar-refractivity contribution >= 4 is 30.9 Å². The Morgan fingerprint density at radius 3 is 2.16 bits per heavy atom. The van der Waals surface area contributed by atoms with E-state index in [1.165, 1.54) is 5.56 Å². The van der Waals surface area contributed by atoms with Crippen molar-refractivity contribution in [2.45, 2.75) is 63.0 Å². The van der Waals surface area contributed by atoms with Crippen molar-refractivity contribution in [3.8, 4) is 0 Å². The number of aromatic nitrogens is 1. The fourth-order valence-corrected chi connectivity index (χ4v) is 4.90. The standard InChI is InChI=1S/C25H27ClN2O4/c26-22-9-7-18(8-10-22)17-3-5-20(6-4-17)25(32-16-31)24-12-21(19-1-2-19)11-23(27-24)13-28(14-29)15-30/h7-12,14-17,19-20,25H,1-6,13H2. The SMILES string of the molecule is O=COC(c1cc(C2CC2)cc(CN(C=O)C=O)n1)C1CCC(c2ccc(Cl)cc2)CC1. The second kappa shape index (κ2) is 10.3. The number of pyridine rings is 1. The first-order valence-electron chi connectivity index (χ1n) is 11.1. The lowest BCUT2D eigenvalue weighted by Crippen LogP contribution is -2.24. The van der Waals surface area contributed by atoms with Crippen molar-refractivity contribution in [3.63, 3.8) is 0 Å². The number of carbonyl (C=O) groups is 3. The van der Waals surface area contributed by atoms with Crippen LogP contribution in [0.2, 0.25) is 5.02 Å². The molecule has 2 saturated carbocycles. The summed E-state index contributed by atoms with van der Waals surface area (Å²) in [5.74, 6) is 1.11. The quantitative estimate of drug-likeness (QED) is 0.476. The van der Waals surface area contributed by atoms with Gasteiger partial charge in [-0.05, 0) is 85.8 Å². The number of benzene rings is 1. The Kier molecular flexibility index (Phi) is 7.20. The highest BCUT2D eigenvalue weighted by Gasteiger charge is 2.33. The lowest BCUT2D eigenvalue weighted by molar-refractivity contribution is -0.137. The molecule has 1 aromatic carbocycles. The van der Waals surface area contributed by atoms with Gasteiger partial charge in [0, 0.05) is 10.9 Å². The average Bonchev–Trinajstić information content (AvgIpc) is 3.67. The highest BCUT2D eigenvalue weighted by Crippen LogP contribution is 2.44. The van der Waals surface area contributed by atoms with Crippen molar-refractivity contribution < 1.29 is 19.1 Å². The van der Waals surface area contributed by atoms with Gasteiger partial charge in [0.05, 0.1) is 17.9 Å². The first kappa shape index (κ1) is 22.5. The van der Waals surface area contributed by atoms with Crippen LogP contribution in [0, 0.1) is 5.92 Å². The Bertz CT molecular complexity index is 945. The van der Waals surface area contributed by atoms with Gasteiger partial charge in [-0.3, -0.25) is 24.3 Å². The normalized spacial score (nSPS) is 21.4. The second-order valence-electron chi connectivity index (χ2n) is 8.79. The molecule has 2 aliphatic rings. The molecule has 1 aromatic heterocycles. The van der Waals surface area contributed by atoms with E-state index in [1.807, 2.05) is 24.3 Å². The van der Waals surface area contributed by atoms with Gasteiger partial charge in [0.1, 0.15) is 6.10 Å². The highest BCUT2D eigenvalue weighted by molar-refractivity contribution is 6.30. The van der Waals surface area contributed by atoms with E-state index in [4.69, 9.17) is 21.3 Å². The first-order chi connectivity index (χ1) is 15.6. The van der Waals surface area contributed by atoms with Gasteiger partial charge in [-0.15, -0.1) is 0 Å². The summed E-state index contributed by atoms with van der Waals surface area (Å²) in [6, 6.07) is 12.0. The van der Waals surface area contributed by atoms with Gasteiger partial charge in [-0.25, -0.2) is 0 Å². The summed E-state index contributed by atoms with van der Waals surface area (Å²) in [5, 5.41) is 0.738. The lowest BCUT2D eigenvalue weighted by Gasteiger charge is -2.33. The van der Waals surface area contributed by atoms with Crippen LogP contribution in [0.5, 0.6) is 0 Å². The van der Waals surface area contributed by atoms with Gasteiger partial charge >= 0.3 is 0 Å². The van der Waals surface area contributed by atoms with Crippen LogP contribution < -0.4 is 0 Å². The molecule has 0 radical (unpaired) electrons. The lowest BCUT2D eigenvalue weighted by atomic mass is 9.76. The fraction of sp³-hybridized carbons (Fsp3) is 0.440. The van der Waals surface area contributed by atoms with Gasteiger partial charge in [0.25, 0.3) is 6.47 Å². The smallest absolute Gasteiger partial charge is 0.293 e. The summed E-state index contributed by atoms with van der Waals surface area (Å²) in [5.41, 5.74) is 3.77. The molecular formula is C25H27ClN2O4. The maximum Gasteiger partial charge on any atom is 0.293 e. The topological polar surface area (TPSA) is 76.6 Å². The fourth-order valence-electron chi connectivity index (χ4n) is 4.77. The van der Waals surface area contributed by atoms with Crippen LogP contribution in [-0.2, 0) is 25.7 Å². The molecule has 0 aliphatic heterocycles. The Morgan fingerprint density at radius 1 is 0.938 bits per heavy atom. The number of halogens is 1. The Morgan fingerprint density at radius 2 is 1.56 bits per heavy atom. The molecule has 0 bridgehead atoms. The summed E-state index contributed by atoms with van der Waals surface area (Å²) in [6.07, 6.45) is 6.63. The molecule has 7 heteroatoms. The molecule has 1 atom stereocenters. The highest BCUT2D eigenvalue weighted by atomic mass is 35.5. The molecule has 2 aliphatic carbocycles. The number of amides is 2. The van der Waals surface area contributed by atoms with Crippen LogP contribution in [0.1, 0.15) is 79.0 Å². The molecule has 2 aromatic rings. The largest absolute Gasteiger partial charge is 0.458 e. The molecule has 168 valence electrons. The van der Waals surface area contributed by atoms with E-state index in [9.17, 15) is 14.4 Å². The third kappa shape index (κ3) is 5.36.